The van der Waals surface area contributed by atoms with Crippen LogP contribution in [0.2, 0.25) is 0 Å². The zero-order valence-corrected chi connectivity index (χ0v) is 18.3. The largest absolute Gasteiger partial charge is 0.318 e. The molecule has 2 aromatic carbocycles. The van der Waals surface area contributed by atoms with Crippen LogP contribution in [0, 0.1) is 6.92 Å². The lowest BCUT2D eigenvalue weighted by Crippen LogP contribution is -2.25. The van der Waals surface area contributed by atoms with Gasteiger partial charge in [0.05, 0.1) is 27.9 Å². The topological polar surface area (TPSA) is 86.7 Å². The highest BCUT2D eigenvalue weighted by Gasteiger charge is 2.20. The van der Waals surface area contributed by atoms with Gasteiger partial charge in [0.25, 0.3) is 5.56 Å². The molecular formula is C23H20N6O2S. The van der Waals surface area contributed by atoms with Gasteiger partial charge in [-0.15, -0.1) is 11.3 Å². The number of amides is 1. The Hall–Kier alpha value is -3.98. The highest BCUT2D eigenvalue weighted by atomic mass is 32.1. The molecule has 32 heavy (non-hydrogen) atoms. The number of hydrogen-bond acceptors (Lipinski definition) is 5. The molecule has 8 nitrogen and oxygen atoms in total. The van der Waals surface area contributed by atoms with Crippen molar-refractivity contribution in [3.05, 3.63) is 81.5 Å². The maximum absolute atomic E-state index is 13.1. The summed E-state index contributed by atoms with van der Waals surface area (Å²) in [7, 11) is 1.79. The molecule has 3 aromatic heterocycles. The number of fused-ring (bicyclic) bond motifs is 1. The average Bonchev–Trinajstić information content (AvgIpc) is 3.50. The van der Waals surface area contributed by atoms with E-state index in [9.17, 15) is 9.59 Å². The molecule has 160 valence electrons. The second kappa shape index (κ2) is 7.93. The van der Waals surface area contributed by atoms with Crippen molar-refractivity contribution in [3.8, 4) is 17.2 Å². The molecule has 1 N–H and O–H groups in total. The van der Waals surface area contributed by atoms with Crippen molar-refractivity contribution < 1.29 is 4.79 Å². The highest BCUT2D eigenvalue weighted by molar-refractivity contribution is 7.07. The van der Waals surface area contributed by atoms with Gasteiger partial charge in [0.15, 0.2) is 5.82 Å². The Bertz CT molecular complexity index is 1480. The van der Waals surface area contributed by atoms with Gasteiger partial charge in [-0.05, 0) is 31.2 Å². The molecule has 5 rings (SSSR count). The summed E-state index contributed by atoms with van der Waals surface area (Å²) in [6.07, 6.45) is 0. The van der Waals surface area contributed by atoms with Gasteiger partial charge in [-0.2, -0.15) is 0 Å². The molecule has 0 aliphatic heterocycles. The zero-order valence-electron chi connectivity index (χ0n) is 17.5. The summed E-state index contributed by atoms with van der Waals surface area (Å²) in [4.78, 5) is 35.2. The summed E-state index contributed by atoms with van der Waals surface area (Å²) in [6, 6.07) is 17.0. The molecule has 0 spiro atoms. The Morgan fingerprint density at radius 2 is 1.84 bits per heavy atom. The second-order valence-electron chi connectivity index (χ2n) is 7.37. The third-order valence-corrected chi connectivity index (χ3v) is 6.02. The summed E-state index contributed by atoms with van der Waals surface area (Å²) in [5.41, 5.74) is 5.45. The van der Waals surface area contributed by atoms with Crippen molar-refractivity contribution in [2.75, 3.05) is 5.32 Å². The number of nitrogens with zero attached hydrogens (tertiary/aromatic N) is 5. The Balaban J connectivity index is 1.50. The van der Waals surface area contributed by atoms with E-state index >= 15 is 0 Å². The SMILES string of the molecule is Cc1c(NC(=O)Cn2c(-c3cscn3)nc3ccccc32)c(=O)n(-c2ccccc2)n1C. The Morgan fingerprint density at radius 1 is 1.09 bits per heavy atom. The molecule has 3 heterocycles. The summed E-state index contributed by atoms with van der Waals surface area (Å²) in [6.45, 7) is 1.82. The maximum atomic E-state index is 13.1. The molecule has 0 atom stereocenters. The monoisotopic (exact) mass is 444 g/mol. The van der Waals surface area contributed by atoms with Crippen molar-refractivity contribution in [2.24, 2.45) is 7.05 Å². The van der Waals surface area contributed by atoms with Gasteiger partial charge in [0.2, 0.25) is 5.91 Å². The number of carbonyl (C=O) groups excluding carboxylic acids is 1. The van der Waals surface area contributed by atoms with E-state index in [2.05, 4.69) is 15.3 Å². The third-order valence-electron chi connectivity index (χ3n) is 5.44. The molecule has 0 radical (unpaired) electrons. The zero-order chi connectivity index (χ0) is 22.2. The van der Waals surface area contributed by atoms with E-state index < -0.39 is 0 Å². The number of rotatable bonds is 5. The predicted octanol–water partition coefficient (Wildman–Crippen LogP) is 3.60. The highest BCUT2D eigenvalue weighted by Crippen LogP contribution is 2.25. The summed E-state index contributed by atoms with van der Waals surface area (Å²) in [5.74, 6) is 0.310. The quantitative estimate of drug-likeness (QED) is 0.449. The minimum Gasteiger partial charge on any atom is -0.318 e. The van der Waals surface area contributed by atoms with Gasteiger partial charge < -0.3 is 9.88 Å². The van der Waals surface area contributed by atoms with E-state index in [1.807, 2.05) is 71.5 Å². The van der Waals surface area contributed by atoms with Gasteiger partial charge in [0.1, 0.15) is 17.9 Å². The average molecular weight is 445 g/mol. The van der Waals surface area contributed by atoms with E-state index in [-0.39, 0.29) is 23.7 Å². The molecule has 0 saturated heterocycles. The number of para-hydroxylation sites is 3. The van der Waals surface area contributed by atoms with Crippen molar-refractivity contribution in [2.45, 2.75) is 13.5 Å². The molecule has 9 heteroatoms. The normalized spacial score (nSPS) is 11.2. The predicted molar refractivity (Wildman–Crippen MR) is 125 cm³/mol. The second-order valence-corrected chi connectivity index (χ2v) is 8.09. The van der Waals surface area contributed by atoms with Gasteiger partial charge in [-0.3, -0.25) is 14.3 Å². The number of hydrogen-bond donors (Lipinski definition) is 1. The van der Waals surface area contributed by atoms with Crippen molar-refractivity contribution >= 4 is 34.0 Å². The first kappa shape index (κ1) is 20.0. The number of anilines is 1. The summed E-state index contributed by atoms with van der Waals surface area (Å²) in [5, 5.41) is 4.72. The first-order chi connectivity index (χ1) is 15.5. The minimum absolute atomic E-state index is 0.00643. The molecule has 0 aliphatic rings. The van der Waals surface area contributed by atoms with Crippen LogP contribution in [0.25, 0.3) is 28.2 Å². The Kier molecular flexibility index (Phi) is 4.95. The van der Waals surface area contributed by atoms with Gasteiger partial charge >= 0.3 is 0 Å². The Labute approximate surface area is 187 Å². The number of nitrogens with one attached hydrogen (secondary N) is 1. The fourth-order valence-corrected chi connectivity index (χ4v) is 4.32. The number of carbonyl (C=O) groups is 1. The van der Waals surface area contributed by atoms with Crippen LogP contribution in [0.1, 0.15) is 5.69 Å². The Morgan fingerprint density at radius 3 is 2.59 bits per heavy atom. The van der Waals surface area contributed by atoms with E-state index in [0.717, 1.165) is 16.7 Å². The molecule has 0 bridgehead atoms. The maximum Gasteiger partial charge on any atom is 0.295 e. The molecule has 0 fully saturated rings. The lowest BCUT2D eigenvalue weighted by Gasteiger charge is -2.08. The fourth-order valence-electron chi connectivity index (χ4n) is 3.79. The van der Waals surface area contributed by atoms with E-state index in [1.165, 1.54) is 16.0 Å². The third kappa shape index (κ3) is 3.32. The molecule has 1 amide bonds. The summed E-state index contributed by atoms with van der Waals surface area (Å²) >= 11 is 1.47. The van der Waals surface area contributed by atoms with Crippen molar-refractivity contribution in [1.29, 1.82) is 0 Å². The molecule has 0 saturated carbocycles. The van der Waals surface area contributed by atoms with Crippen LogP contribution in [0.4, 0.5) is 5.69 Å². The lowest BCUT2D eigenvalue weighted by atomic mass is 10.3. The van der Waals surface area contributed by atoms with Gasteiger partial charge in [-0.25, -0.2) is 14.6 Å². The number of benzene rings is 2. The number of aromatic nitrogens is 5. The van der Waals surface area contributed by atoms with Crippen LogP contribution in [-0.2, 0) is 18.4 Å². The lowest BCUT2D eigenvalue weighted by molar-refractivity contribution is -0.116. The van der Waals surface area contributed by atoms with Crippen LogP contribution in [0.5, 0.6) is 0 Å². The number of thiazole rings is 1. The van der Waals surface area contributed by atoms with Crippen LogP contribution in [0.3, 0.4) is 0 Å². The van der Waals surface area contributed by atoms with Crippen molar-refractivity contribution in [3.63, 3.8) is 0 Å². The number of imidazole rings is 1. The van der Waals surface area contributed by atoms with E-state index in [1.54, 1.807) is 17.2 Å². The van der Waals surface area contributed by atoms with Crippen LogP contribution >= 0.6 is 11.3 Å². The van der Waals surface area contributed by atoms with Gasteiger partial charge in [0, 0.05) is 12.4 Å². The van der Waals surface area contributed by atoms with Crippen LogP contribution < -0.4 is 10.9 Å². The van der Waals surface area contributed by atoms with Crippen LogP contribution in [-0.4, -0.2) is 29.8 Å². The van der Waals surface area contributed by atoms with E-state index in [4.69, 9.17) is 0 Å². The van der Waals surface area contributed by atoms with Gasteiger partial charge in [-0.1, -0.05) is 30.3 Å². The fraction of sp³-hybridized carbons (Fsp3) is 0.130. The molecule has 0 aliphatic carbocycles. The smallest absolute Gasteiger partial charge is 0.295 e. The van der Waals surface area contributed by atoms with Crippen LogP contribution in [0.15, 0.2) is 70.3 Å². The first-order valence-electron chi connectivity index (χ1n) is 10.0. The molecule has 0 unspecified atom stereocenters. The molecule has 5 aromatic rings. The minimum atomic E-state index is -0.310. The standard InChI is InChI=1S/C23H20N6O2S/c1-15-21(23(31)29(27(15)2)16-8-4-3-5-9-16)26-20(30)12-28-19-11-7-6-10-17(19)25-22(28)18-13-32-14-24-18/h3-11,13-14H,12H2,1-2H3,(H,26,30). The summed E-state index contributed by atoms with van der Waals surface area (Å²) < 4.78 is 5.10. The molecular weight excluding hydrogens is 424 g/mol. The van der Waals surface area contributed by atoms with Crippen molar-refractivity contribution in [1.82, 2.24) is 23.9 Å². The van der Waals surface area contributed by atoms with E-state index in [0.29, 0.717) is 17.2 Å². The first-order valence-corrected chi connectivity index (χ1v) is 11.0.